The summed E-state index contributed by atoms with van der Waals surface area (Å²) in [4.78, 5) is 21.5. The fourth-order valence-corrected chi connectivity index (χ4v) is 1.27. The van der Waals surface area contributed by atoms with Crippen LogP contribution in [0.4, 0.5) is 5.69 Å². The number of nitro groups is 1. The highest BCUT2D eigenvalue weighted by Crippen LogP contribution is 2.16. The van der Waals surface area contributed by atoms with Gasteiger partial charge in [0.1, 0.15) is 0 Å². The fraction of sp³-hybridized carbons (Fsp3) is 0.300. The molecule has 0 atom stereocenters. The lowest BCUT2D eigenvalue weighted by Gasteiger charge is -2.04. The van der Waals surface area contributed by atoms with Crippen LogP contribution in [0.5, 0.6) is 0 Å². The summed E-state index contributed by atoms with van der Waals surface area (Å²) in [5.74, 6) is -0.204. The van der Waals surface area contributed by atoms with E-state index in [4.69, 9.17) is 0 Å². The maximum atomic E-state index is 11.5. The van der Waals surface area contributed by atoms with Gasteiger partial charge in [-0.25, -0.2) is 0 Å². The average molecular weight is 208 g/mol. The zero-order valence-electron chi connectivity index (χ0n) is 8.61. The molecule has 0 heterocycles. The normalized spacial score (nSPS) is 9.73. The maximum Gasteiger partial charge on any atom is 0.269 e. The molecular weight excluding hydrogens is 196 g/mol. The molecule has 0 aliphatic carbocycles. The molecule has 0 fully saturated rings. The molecule has 15 heavy (non-hydrogen) atoms. The topological polar surface area (TPSA) is 72.2 Å². The standard InChI is InChI=1S/C10H12N2O3/c1-3-11-10(13)9-5-4-8(12(14)15)6-7(9)2/h4-6H,3H2,1-2H3,(H,11,13). The average Bonchev–Trinajstić information content (AvgIpc) is 2.17. The van der Waals surface area contributed by atoms with E-state index in [9.17, 15) is 14.9 Å². The van der Waals surface area contributed by atoms with Crippen molar-refractivity contribution in [1.29, 1.82) is 0 Å². The van der Waals surface area contributed by atoms with Crippen LogP contribution in [0.3, 0.4) is 0 Å². The third kappa shape index (κ3) is 2.52. The van der Waals surface area contributed by atoms with Crippen molar-refractivity contribution in [3.8, 4) is 0 Å². The minimum Gasteiger partial charge on any atom is -0.352 e. The van der Waals surface area contributed by atoms with Gasteiger partial charge in [0.2, 0.25) is 0 Å². The van der Waals surface area contributed by atoms with E-state index >= 15 is 0 Å². The molecule has 1 aromatic rings. The number of amides is 1. The Hall–Kier alpha value is -1.91. The summed E-state index contributed by atoms with van der Waals surface area (Å²) in [5, 5.41) is 13.1. The number of aryl methyl sites for hydroxylation is 1. The van der Waals surface area contributed by atoms with Crippen molar-refractivity contribution >= 4 is 11.6 Å². The van der Waals surface area contributed by atoms with Crippen LogP contribution >= 0.6 is 0 Å². The van der Waals surface area contributed by atoms with E-state index in [2.05, 4.69) is 5.32 Å². The Labute approximate surface area is 87.3 Å². The predicted octanol–water partition coefficient (Wildman–Crippen LogP) is 1.65. The Morgan fingerprint density at radius 3 is 2.67 bits per heavy atom. The molecule has 0 radical (unpaired) electrons. The highest BCUT2D eigenvalue weighted by atomic mass is 16.6. The van der Waals surface area contributed by atoms with Crippen molar-refractivity contribution < 1.29 is 9.72 Å². The predicted molar refractivity (Wildman–Crippen MR) is 55.8 cm³/mol. The largest absolute Gasteiger partial charge is 0.352 e. The van der Waals surface area contributed by atoms with E-state index in [1.807, 2.05) is 6.92 Å². The minimum absolute atomic E-state index is 0.000508. The quantitative estimate of drug-likeness (QED) is 0.606. The number of hydrogen-bond acceptors (Lipinski definition) is 3. The molecule has 0 unspecified atom stereocenters. The van der Waals surface area contributed by atoms with E-state index < -0.39 is 4.92 Å². The van der Waals surface area contributed by atoms with Crippen molar-refractivity contribution in [1.82, 2.24) is 5.32 Å². The van der Waals surface area contributed by atoms with Crippen molar-refractivity contribution in [2.45, 2.75) is 13.8 Å². The first kappa shape index (κ1) is 11.2. The molecule has 0 saturated heterocycles. The second-order valence-electron chi connectivity index (χ2n) is 3.12. The summed E-state index contributed by atoms with van der Waals surface area (Å²) in [6.45, 7) is 4.03. The third-order valence-electron chi connectivity index (χ3n) is 2.00. The summed E-state index contributed by atoms with van der Waals surface area (Å²) in [7, 11) is 0. The molecule has 0 aliphatic rings. The number of carbonyl (C=O) groups excluding carboxylic acids is 1. The minimum atomic E-state index is -0.478. The van der Waals surface area contributed by atoms with Crippen molar-refractivity contribution in [3.63, 3.8) is 0 Å². The molecule has 1 amide bonds. The second kappa shape index (κ2) is 4.54. The third-order valence-corrected chi connectivity index (χ3v) is 2.00. The van der Waals surface area contributed by atoms with Crippen molar-refractivity contribution in [2.24, 2.45) is 0 Å². The monoisotopic (exact) mass is 208 g/mol. The molecule has 80 valence electrons. The summed E-state index contributed by atoms with van der Waals surface area (Å²) in [6, 6.07) is 4.20. The van der Waals surface area contributed by atoms with Crippen LogP contribution in [-0.4, -0.2) is 17.4 Å². The molecule has 0 saturated carbocycles. The van der Waals surface area contributed by atoms with E-state index in [1.54, 1.807) is 6.92 Å². The van der Waals surface area contributed by atoms with Crippen LogP contribution < -0.4 is 5.32 Å². The molecule has 0 spiro atoms. The van der Waals surface area contributed by atoms with Crippen LogP contribution in [0.1, 0.15) is 22.8 Å². The van der Waals surface area contributed by atoms with Gasteiger partial charge in [-0.1, -0.05) is 0 Å². The number of nitrogens with one attached hydrogen (secondary N) is 1. The molecule has 1 aromatic carbocycles. The maximum absolute atomic E-state index is 11.5. The van der Waals surface area contributed by atoms with Crippen LogP contribution in [0.15, 0.2) is 18.2 Å². The summed E-state index contributed by atoms with van der Waals surface area (Å²) in [6.07, 6.45) is 0. The van der Waals surface area contributed by atoms with Gasteiger partial charge in [0.05, 0.1) is 4.92 Å². The van der Waals surface area contributed by atoms with Crippen LogP contribution in [0.2, 0.25) is 0 Å². The van der Waals surface area contributed by atoms with Gasteiger partial charge in [-0.2, -0.15) is 0 Å². The van der Waals surface area contributed by atoms with Gasteiger partial charge < -0.3 is 5.32 Å². The molecule has 0 bridgehead atoms. The number of carbonyl (C=O) groups is 1. The van der Waals surface area contributed by atoms with Gasteiger partial charge in [0.25, 0.3) is 11.6 Å². The highest BCUT2D eigenvalue weighted by Gasteiger charge is 2.12. The van der Waals surface area contributed by atoms with Gasteiger partial charge in [0, 0.05) is 24.2 Å². The smallest absolute Gasteiger partial charge is 0.269 e. The zero-order valence-corrected chi connectivity index (χ0v) is 8.61. The lowest BCUT2D eigenvalue weighted by molar-refractivity contribution is -0.384. The Bertz CT molecular complexity index is 402. The number of nitro benzene ring substituents is 1. The van der Waals surface area contributed by atoms with E-state index in [1.165, 1.54) is 18.2 Å². The number of hydrogen-bond donors (Lipinski definition) is 1. The van der Waals surface area contributed by atoms with Gasteiger partial charge in [-0.15, -0.1) is 0 Å². The highest BCUT2D eigenvalue weighted by molar-refractivity contribution is 5.95. The molecular formula is C10H12N2O3. The van der Waals surface area contributed by atoms with Crippen LogP contribution in [0, 0.1) is 17.0 Å². The number of benzene rings is 1. The Morgan fingerprint density at radius 2 is 2.20 bits per heavy atom. The van der Waals surface area contributed by atoms with E-state index in [0.29, 0.717) is 17.7 Å². The molecule has 0 aliphatic heterocycles. The molecule has 1 N–H and O–H groups in total. The van der Waals surface area contributed by atoms with Gasteiger partial charge >= 0.3 is 0 Å². The SMILES string of the molecule is CCNC(=O)c1ccc([N+](=O)[O-])cc1C. The van der Waals surface area contributed by atoms with E-state index in [0.717, 1.165) is 0 Å². The fourth-order valence-electron chi connectivity index (χ4n) is 1.27. The Morgan fingerprint density at radius 1 is 1.53 bits per heavy atom. The molecule has 1 rings (SSSR count). The first-order valence-corrected chi connectivity index (χ1v) is 4.59. The second-order valence-corrected chi connectivity index (χ2v) is 3.12. The van der Waals surface area contributed by atoms with Crippen LogP contribution in [-0.2, 0) is 0 Å². The summed E-state index contributed by atoms with van der Waals surface area (Å²) < 4.78 is 0. The Kier molecular flexibility index (Phi) is 3.38. The summed E-state index contributed by atoms with van der Waals surface area (Å²) >= 11 is 0. The number of non-ortho nitro benzene ring substituents is 1. The van der Waals surface area contributed by atoms with Gasteiger partial charge in [-0.05, 0) is 25.5 Å². The first-order valence-electron chi connectivity index (χ1n) is 4.59. The number of rotatable bonds is 3. The lowest BCUT2D eigenvalue weighted by atomic mass is 10.1. The van der Waals surface area contributed by atoms with Gasteiger partial charge in [0.15, 0.2) is 0 Å². The molecule has 0 aromatic heterocycles. The van der Waals surface area contributed by atoms with Crippen LogP contribution in [0.25, 0.3) is 0 Å². The lowest BCUT2D eigenvalue weighted by Crippen LogP contribution is -2.23. The van der Waals surface area contributed by atoms with E-state index in [-0.39, 0.29) is 11.6 Å². The summed E-state index contributed by atoms with van der Waals surface area (Å²) in [5.41, 5.74) is 1.08. The first-order chi connectivity index (χ1) is 7.06. The number of nitrogens with zero attached hydrogens (tertiary/aromatic N) is 1. The van der Waals surface area contributed by atoms with Gasteiger partial charge in [-0.3, -0.25) is 14.9 Å². The zero-order chi connectivity index (χ0) is 11.4. The Balaban J connectivity index is 3.03. The van der Waals surface area contributed by atoms with Crippen molar-refractivity contribution in [3.05, 3.63) is 39.4 Å². The van der Waals surface area contributed by atoms with Crippen molar-refractivity contribution in [2.75, 3.05) is 6.54 Å². The molecule has 5 nitrogen and oxygen atoms in total. The molecule has 5 heteroatoms.